The van der Waals surface area contributed by atoms with Gasteiger partial charge in [0.2, 0.25) is 0 Å². The van der Waals surface area contributed by atoms with Crippen LogP contribution < -0.4 is 10.6 Å². The summed E-state index contributed by atoms with van der Waals surface area (Å²) in [6.45, 7) is 3.51. The van der Waals surface area contributed by atoms with Crippen LogP contribution >= 0.6 is 0 Å². The van der Waals surface area contributed by atoms with Gasteiger partial charge in [-0.05, 0) is 61.1 Å². The SMILES string of the molecule is CC(=O)c1ccc2c(c1C)CC[C@@H]2NC(=O)c1cc(C(=O)NCc2ccc(F)cc2)nc2c(F)cnn12. The Morgan fingerprint density at radius 2 is 1.84 bits per heavy atom. The molecule has 0 saturated carbocycles. The average molecular weight is 504 g/mol. The quantitative estimate of drug-likeness (QED) is 0.389. The lowest BCUT2D eigenvalue weighted by Gasteiger charge is -2.16. The van der Waals surface area contributed by atoms with E-state index in [1.807, 2.05) is 13.0 Å². The Bertz CT molecular complexity index is 1560. The van der Waals surface area contributed by atoms with Gasteiger partial charge in [0.15, 0.2) is 17.2 Å². The van der Waals surface area contributed by atoms with Crippen LogP contribution in [0.3, 0.4) is 0 Å². The molecule has 2 heterocycles. The smallest absolute Gasteiger partial charge is 0.270 e. The van der Waals surface area contributed by atoms with Gasteiger partial charge in [-0.1, -0.05) is 24.3 Å². The largest absolute Gasteiger partial charge is 0.347 e. The van der Waals surface area contributed by atoms with Crippen LogP contribution in [0, 0.1) is 18.6 Å². The van der Waals surface area contributed by atoms with Crippen LogP contribution in [0.5, 0.6) is 0 Å². The first-order chi connectivity index (χ1) is 17.7. The van der Waals surface area contributed by atoms with E-state index >= 15 is 0 Å². The zero-order valence-corrected chi connectivity index (χ0v) is 20.1. The van der Waals surface area contributed by atoms with Crippen molar-refractivity contribution in [1.82, 2.24) is 25.2 Å². The number of Topliss-reactive ketones (excluding diaryl/α,β-unsaturated/α-hetero) is 1. The van der Waals surface area contributed by atoms with Crippen LogP contribution in [0.15, 0.2) is 48.7 Å². The number of fused-ring (bicyclic) bond motifs is 2. The van der Waals surface area contributed by atoms with E-state index in [1.165, 1.54) is 37.3 Å². The highest BCUT2D eigenvalue weighted by molar-refractivity contribution is 5.99. The van der Waals surface area contributed by atoms with Crippen molar-refractivity contribution >= 4 is 23.2 Å². The molecule has 1 aliphatic carbocycles. The topological polar surface area (TPSA) is 105 Å². The van der Waals surface area contributed by atoms with Crippen molar-refractivity contribution < 1.29 is 23.2 Å². The molecule has 0 bridgehead atoms. The molecule has 0 radical (unpaired) electrons. The molecule has 5 rings (SSSR count). The number of nitrogens with one attached hydrogen (secondary N) is 2. The monoisotopic (exact) mass is 503 g/mol. The van der Waals surface area contributed by atoms with E-state index in [-0.39, 0.29) is 35.4 Å². The third-order valence-electron chi connectivity index (χ3n) is 6.64. The minimum Gasteiger partial charge on any atom is -0.347 e. The van der Waals surface area contributed by atoms with Crippen molar-refractivity contribution in [3.63, 3.8) is 0 Å². The van der Waals surface area contributed by atoms with Gasteiger partial charge in [0, 0.05) is 18.2 Å². The normalized spacial score (nSPS) is 14.4. The number of hydrogen-bond donors (Lipinski definition) is 2. The number of carbonyl (C=O) groups is 3. The zero-order valence-electron chi connectivity index (χ0n) is 20.1. The Kier molecular flexibility index (Phi) is 6.24. The lowest BCUT2D eigenvalue weighted by atomic mass is 9.96. The molecular formula is C27H23F2N5O3. The first-order valence-corrected chi connectivity index (χ1v) is 11.7. The number of aromatic nitrogens is 3. The van der Waals surface area contributed by atoms with Crippen molar-refractivity contribution in [2.75, 3.05) is 0 Å². The van der Waals surface area contributed by atoms with Gasteiger partial charge >= 0.3 is 0 Å². The van der Waals surface area contributed by atoms with E-state index < -0.39 is 23.4 Å². The number of rotatable bonds is 6. The Hall–Kier alpha value is -4.47. The zero-order chi connectivity index (χ0) is 26.3. The van der Waals surface area contributed by atoms with E-state index in [0.717, 1.165) is 27.4 Å². The minimum atomic E-state index is -0.777. The number of ketones is 1. The van der Waals surface area contributed by atoms with Crippen LogP contribution in [0.2, 0.25) is 0 Å². The first kappa shape index (κ1) is 24.2. The molecule has 1 atom stereocenters. The molecular weight excluding hydrogens is 480 g/mol. The summed E-state index contributed by atoms with van der Waals surface area (Å²) in [6.07, 6.45) is 2.26. The van der Waals surface area contributed by atoms with Gasteiger partial charge in [0.1, 0.15) is 17.2 Å². The number of carbonyl (C=O) groups excluding carboxylic acids is 3. The maximum Gasteiger partial charge on any atom is 0.270 e. The second-order valence-corrected chi connectivity index (χ2v) is 8.99. The number of halogens is 2. The average Bonchev–Trinajstić information content (AvgIpc) is 3.46. The van der Waals surface area contributed by atoms with Crippen LogP contribution in [-0.2, 0) is 13.0 Å². The highest BCUT2D eigenvalue weighted by atomic mass is 19.1. The van der Waals surface area contributed by atoms with Crippen LogP contribution in [0.1, 0.15) is 73.0 Å². The van der Waals surface area contributed by atoms with E-state index in [4.69, 9.17) is 0 Å². The van der Waals surface area contributed by atoms with Crippen LogP contribution in [0.4, 0.5) is 8.78 Å². The lowest BCUT2D eigenvalue weighted by molar-refractivity contribution is 0.0927. The maximum absolute atomic E-state index is 14.4. The van der Waals surface area contributed by atoms with Gasteiger partial charge in [-0.15, -0.1) is 0 Å². The highest BCUT2D eigenvalue weighted by Gasteiger charge is 2.28. The molecule has 0 fully saturated rings. The summed E-state index contributed by atoms with van der Waals surface area (Å²) in [6, 6.07) is 10.2. The predicted octanol–water partition coefficient (Wildman–Crippen LogP) is 3.87. The number of nitrogens with zero attached hydrogens (tertiary/aromatic N) is 3. The van der Waals surface area contributed by atoms with Crippen molar-refractivity contribution in [2.24, 2.45) is 0 Å². The van der Waals surface area contributed by atoms with E-state index in [0.29, 0.717) is 24.0 Å². The van der Waals surface area contributed by atoms with Crippen LogP contribution in [-0.4, -0.2) is 32.2 Å². The van der Waals surface area contributed by atoms with Gasteiger partial charge in [0.05, 0.1) is 12.2 Å². The molecule has 4 aromatic rings. The third-order valence-corrected chi connectivity index (χ3v) is 6.64. The fraction of sp³-hybridized carbons (Fsp3) is 0.222. The summed E-state index contributed by atoms with van der Waals surface area (Å²) < 4.78 is 28.6. The molecule has 1 aliphatic rings. The second-order valence-electron chi connectivity index (χ2n) is 8.99. The van der Waals surface area contributed by atoms with Gasteiger partial charge < -0.3 is 10.6 Å². The molecule has 2 amide bonds. The standard InChI is InChI=1S/C27H23F2N5O3/c1-14-18(15(2)35)7-8-20-19(14)9-10-22(20)33-27(37)24-11-23(32-25-21(29)13-31-34(24)25)26(36)30-12-16-3-5-17(28)6-4-16/h3-8,11,13,22H,9-10,12H2,1-2H3,(H,30,36)(H,33,37)/t22-/m0/s1. The summed E-state index contributed by atoms with van der Waals surface area (Å²) in [5, 5.41) is 9.52. The number of benzene rings is 2. The molecule has 2 N–H and O–H groups in total. The molecule has 0 unspecified atom stereocenters. The molecule has 10 heteroatoms. The Balaban J connectivity index is 1.41. The molecule has 188 valence electrons. The summed E-state index contributed by atoms with van der Waals surface area (Å²) in [5.74, 6) is -2.36. The van der Waals surface area contributed by atoms with Gasteiger partial charge in [0.25, 0.3) is 11.8 Å². The molecule has 0 spiro atoms. The maximum atomic E-state index is 14.4. The van der Waals surface area contributed by atoms with Gasteiger partial charge in [-0.3, -0.25) is 14.4 Å². The summed E-state index contributed by atoms with van der Waals surface area (Å²) in [7, 11) is 0. The van der Waals surface area contributed by atoms with Crippen molar-refractivity contribution in [3.05, 3.63) is 99.5 Å². The third kappa shape index (κ3) is 4.57. The summed E-state index contributed by atoms with van der Waals surface area (Å²) in [4.78, 5) is 42.1. The van der Waals surface area contributed by atoms with Crippen molar-refractivity contribution in [3.8, 4) is 0 Å². The molecule has 8 nitrogen and oxygen atoms in total. The number of amides is 2. The molecule has 37 heavy (non-hydrogen) atoms. The van der Waals surface area contributed by atoms with Crippen molar-refractivity contribution in [2.45, 2.75) is 39.3 Å². The Labute approximate surface area is 210 Å². The van der Waals surface area contributed by atoms with E-state index in [2.05, 4.69) is 20.7 Å². The fourth-order valence-corrected chi connectivity index (χ4v) is 4.73. The lowest BCUT2D eigenvalue weighted by Crippen LogP contribution is -2.30. The summed E-state index contributed by atoms with van der Waals surface area (Å²) >= 11 is 0. The minimum absolute atomic E-state index is 0.0158. The Morgan fingerprint density at radius 3 is 2.57 bits per heavy atom. The molecule has 0 aliphatic heterocycles. The molecule has 0 saturated heterocycles. The molecule has 2 aromatic heterocycles. The van der Waals surface area contributed by atoms with E-state index in [1.54, 1.807) is 6.07 Å². The Morgan fingerprint density at radius 1 is 1.08 bits per heavy atom. The first-order valence-electron chi connectivity index (χ1n) is 11.7. The second kappa shape index (κ2) is 9.53. The summed E-state index contributed by atoms with van der Waals surface area (Å²) in [5.41, 5.74) is 3.71. The highest BCUT2D eigenvalue weighted by Crippen LogP contribution is 2.35. The predicted molar refractivity (Wildman–Crippen MR) is 130 cm³/mol. The fourth-order valence-electron chi connectivity index (χ4n) is 4.73. The van der Waals surface area contributed by atoms with Crippen molar-refractivity contribution in [1.29, 1.82) is 0 Å². The van der Waals surface area contributed by atoms with Crippen LogP contribution in [0.25, 0.3) is 5.65 Å². The number of hydrogen-bond acceptors (Lipinski definition) is 5. The molecule has 2 aromatic carbocycles. The van der Waals surface area contributed by atoms with E-state index in [9.17, 15) is 23.2 Å². The van der Waals surface area contributed by atoms with Gasteiger partial charge in [-0.2, -0.15) is 5.10 Å². The van der Waals surface area contributed by atoms with Gasteiger partial charge in [-0.25, -0.2) is 18.3 Å².